The predicted octanol–water partition coefficient (Wildman–Crippen LogP) is 2.52. The first kappa shape index (κ1) is 15.8. The molecule has 0 amide bonds. The number of hydrogen-bond acceptors (Lipinski definition) is 5. The fraction of sp³-hybridized carbons (Fsp3) is 0.235. The van der Waals surface area contributed by atoms with E-state index in [0.29, 0.717) is 11.2 Å². The Morgan fingerprint density at radius 3 is 2.68 bits per heavy atom. The molecular formula is C17H17N3O4S. The summed E-state index contributed by atoms with van der Waals surface area (Å²) in [6.07, 6.45) is 2.30. The second kappa shape index (κ2) is 5.96. The number of anilines is 2. The van der Waals surface area contributed by atoms with Crippen LogP contribution in [0.1, 0.15) is 12.8 Å². The van der Waals surface area contributed by atoms with Crippen molar-refractivity contribution in [1.29, 1.82) is 0 Å². The Morgan fingerprint density at radius 2 is 1.88 bits per heavy atom. The molecular weight excluding hydrogens is 342 g/mol. The molecule has 1 saturated heterocycles. The van der Waals surface area contributed by atoms with Crippen molar-refractivity contribution < 1.29 is 12.8 Å². The molecule has 1 aromatic heterocycles. The highest BCUT2D eigenvalue weighted by molar-refractivity contribution is 7.92. The zero-order chi connectivity index (χ0) is 17.4. The normalized spacial score (nSPS) is 15.0. The van der Waals surface area contributed by atoms with Crippen LogP contribution in [0.25, 0.3) is 11.1 Å². The van der Waals surface area contributed by atoms with Gasteiger partial charge in [-0.3, -0.25) is 9.71 Å². The van der Waals surface area contributed by atoms with Gasteiger partial charge in [0, 0.05) is 24.8 Å². The molecule has 1 aliphatic rings. The van der Waals surface area contributed by atoms with Crippen LogP contribution in [0.2, 0.25) is 0 Å². The second-order valence-corrected chi connectivity index (χ2v) is 7.70. The number of fused-ring (bicyclic) bond motifs is 1. The number of nitrogens with zero attached hydrogens (tertiary/aromatic N) is 1. The van der Waals surface area contributed by atoms with Crippen LogP contribution in [0.3, 0.4) is 0 Å². The molecule has 2 heterocycles. The molecule has 0 spiro atoms. The lowest BCUT2D eigenvalue weighted by atomic mass is 10.2. The maximum absolute atomic E-state index is 12.6. The number of hydrogen-bond donors (Lipinski definition) is 2. The van der Waals surface area contributed by atoms with Gasteiger partial charge in [0.2, 0.25) is 0 Å². The van der Waals surface area contributed by atoms with Crippen molar-refractivity contribution in [3.8, 4) is 0 Å². The SMILES string of the molecule is O=c1[nH]c2ccc(S(=O)(=O)Nc3cccc(N4CCCC4)c3)cc2o1. The van der Waals surface area contributed by atoms with Gasteiger partial charge in [-0.25, -0.2) is 13.2 Å². The van der Waals surface area contributed by atoms with Crippen molar-refractivity contribution in [2.45, 2.75) is 17.7 Å². The van der Waals surface area contributed by atoms with E-state index < -0.39 is 15.8 Å². The Morgan fingerprint density at radius 1 is 1.08 bits per heavy atom. The molecule has 25 heavy (non-hydrogen) atoms. The van der Waals surface area contributed by atoms with Crippen molar-refractivity contribution in [2.75, 3.05) is 22.7 Å². The topological polar surface area (TPSA) is 95.4 Å². The van der Waals surface area contributed by atoms with Crippen LogP contribution < -0.4 is 15.4 Å². The third-order valence-electron chi connectivity index (χ3n) is 4.27. The minimum Gasteiger partial charge on any atom is -0.408 e. The minimum absolute atomic E-state index is 0.0364. The van der Waals surface area contributed by atoms with Crippen LogP contribution in [0.5, 0.6) is 0 Å². The molecule has 7 nitrogen and oxygen atoms in total. The maximum atomic E-state index is 12.6. The lowest BCUT2D eigenvalue weighted by Crippen LogP contribution is -2.18. The number of oxazole rings is 1. The van der Waals surface area contributed by atoms with E-state index in [9.17, 15) is 13.2 Å². The number of rotatable bonds is 4. The first-order valence-corrected chi connectivity index (χ1v) is 9.50. The number of benzene rings is 2. The summed E-state index contributed by atoms with van der Waals surface area (Å²) in [5.74, 6) is -0.615. The summed E-state index contributed by atoms with van der Waals surface area (Å²) in [5.41, 5.74) is 2.17. The molecule has 8 heteroatoms. The van der Waals surface area contributed by atoms with Crippen LogP contribution in [-0.2, 0) is 10.0 Å². The highest BCUT2D eigenvalue weighted by atomic mass is 32.2. The molecule has 1 aliphatic heterocycles. The standard InChI is InChI=1S/C17H17N3O4S/c21-17-18-15-7-6-14(11-16(15)24-17)25(22,23)19-12-4-3-5-13(10-12)20-8-1-2-9-20/h3-7,10-11,19H,1-2,8-9H2,(H,18,21). The molecule has 2 aromatic carbocycles. The van der Waals surface area contributed by atoms with Gasteiger partial charge in [0.1, 0.15) is 0 Å². The van der Waals surface area contributed by atoms with Gasteiger partial charge in [-0.2, -0.15) is 0 Å². The molecule has 0 saturated carbocycles. The lowest BCUT2D eigenvalue weighted by molar-refractivity contribution is 0.554. The van der Waals surface area contributed by atoms with Gasteiger partial charge in [-0.1, -0.05) is 6.07 Å². The summed E-state index contributed by atoms with van der Waals surface area (Å²) in [7, 11) is -3.78. The van der Waals surface area contributed by atoms with Gasteiger partial charge in [-0.05, 0) is 43.2 Å². The minimum atomic E-state index is -3.78. The Bertz CT molecular complexity index is 1080. The van der Waals surface area contributed by atoms with Crippen LogP contribution in [0.4, 0.5) is 11.4 Å². The first-order valence-electron chi connectivity index (χ1n) is 8.02. The Labute approximate surface area is 144 Å². The van der Waals surface area contributed by atoms with Crippen LogP contribution in [0.15, 0.2) is 56.6 Å². The van der Waals surface area contributed by atoms with Crippen LogP contribution in [-0.4, -0.2) is 26.5 Å². The Kier molecular flexibility index (Phi) is 3.76. The quantitative estimate of drug-likeness (QED) is 0.746. The van der Waals surface area contributed by atoms with Crippen molar-refractivity contribution in [3.63, 3.8) is 0 Å². The van der Waals surface area contributed by atoms with E-state index in [-0.39, 0.29) is 10.5 Å². The molecule has 0 radical (unpaired) electrons. The van der Waals surface area contributed by atoms with E-state index in [4.69, 9.17) is 4.42 Å². The fourth-order valence-electron chi connectivity index (χ4n) is 3.05. The number of H-pyrrole nitrogens is 1. The van der Waals surface area contributed by atoms with Gasteiger partial charge >= 0.3 is 5.76 Å². The summed E-state index contributed by atoms with van der Waals surface area (Å²) in [6, 6.07) is 11.6. The molecule has 4 rings (SSSR count). The fourth-order valence-corrected chi connectivity index (χ4v) is 4.11. The van der Waals surface area contributed by atoms with Gasteiger partial charge < -0.3 is 9.32 Å². The molecule has 0 unspecified atom stereocenters. The van der Waals surface area contributed by atoms with Gasteiger partial charge in [0.15, 0.2) is 5.58 Å². The molecule has 130 valence electrons. The predicted molar refractivity (Wildman–Crippen MR) is 95.5 cm³/mol. The summed E-state index contributed by atoms with van der Waals surface area (Å²) in [6.45, 7) is 1.97. The van der Waals surface area contributed by atoms with E-state index in [1.54, 1.807) is 6.07 Å². The largest absolute Gasteiger partial charge is 0.417 e. The highest BCUT2D eigenvalue weighted by Gasteiger charge is 2.18. The van der Waals surface area contributed by atoms with Gasteiger partial charge in [0.25, 0.3) is 10.0 Å². The smallest absolute Gasteiger partial charge is 0.408 e. The second-order valence-electron chi connectivity index (χ2n) is 6.02. The van der Waals surface area contributed by atoms with E-state index in [2.05, 4.69) is 14.6 Å². The average molecular weight is 359 g/mol. The summed E-state index contributed by atoms with van der Waals surface area (Å²) < 4.78 is 32.8. The van der Waals surface area contributed by atoms with E-state index in [0.717, 1.165) is 31.6 Å². The first-order chi connectivity index (χ1) is 12.0. The Balaban J connectivity index is 1.63. The molecule has 1 fully saturated rings. The van der Waals surface area contributed by atoms with Crippen molar-refractivity contribution in [2.24, 2.45) is 0 Å². The third kappa shape index (κ3) is 3.12. The van der Waals surface area contributed by atoms with Crippen molar-refractivity contribution >= 4 is 32.5 Å². The van der Waals surface area contributed by atoms with E-state index in [1.807, 2.05) is 18.2 Å². The molecule has 0 atom stereocenters. The highest BCUT2D eigenvalue weighted by Crippen LogP contribution is 2.25. The van der Waals surface area contributed by atoms with Gasteiger partial charge in [-0.15, -0.1) is 0 Å². The number of aromatic amines is 1. The lowest BCUT2D eigenvalue weighted by Gasteiger charge is -2.18. The van der Waals surface area contributed by atoms with Crippen LogP contribution in [0, 0.1) is 0 Å². The molecule has 0 aliphatic carbocycles. The zero-order valence-electron chi connectivity index (χ0n) is 13.4. The molecule has 3 aromatic rings. The van der Waals surface area contributed by atoms with E-state index >= 15 is 0 Å². The van der Waals surface area contributed by atoms with Crippen molar-refractivity contribution in [3.05, 3.63) is 53.0 Å². The summed E-state index contributed by atoms with van der Waals surface area (Å²) in [4.78, 5) is 16.0. The monoisotopic (exact) mass is 359 g/mol. The van der Waals surface area contributed by atoms with Crippen molar-refractivity contribution in [1.82, 2.24) is 4.98 Å². The average Bonchev–Trinajstić information content (AvgIpc) is 3.22. The molecule has 2 N–H and O–H groups in total. The Hall–Kier alpha value is -2.74. The zero-order valence-corrected chi connectivity index (χ0v) is 14.2. The molecule has 0 bridgehead atoms. The number of nitrogens with one attached hydrogen (secondary N) is 2. The van der Waals surface area contributed by atoms with Gasteiger partial charge in [0.05, 0.1) is 16.1 Å². The number of sulfonamides is 1. The van der Waals surface area contributed by atoms with Crippen LogP contribution >= 0.6 is 0 Å². The summed E-state index contributed by atoms with van der Waals surface area (Å²) in [5, 5.41) is 0. The third-order valence-corrected chi connectivity index (χ3v) is 5.65. The maximum Gasteiger partial charge on any atom is 0.417 e. The summed E-state index contributed by atoms with van der Waals surface area (Å²) >= 11 is 0. The van der Waals surface area contributed by atoms with E-state index in [1.165, 1.54) is 18.2 Å². The number of aromatic nitrogens is 1.